The van der Waals surface area contributed by atoms with Crippen LogP contribution >= 0.6 is 11.3 Å². The number of hydrogen-bond acceptors (Lipinski definition) is 8. The Morgan fingerprint density at radius 2 is 2.26 bits per heavy atom. The summed E-state index contributed by atoms with van der Waals surface area (Å²) in [4.78, 5) is 31.0. The molecular formula is C20H25FN6O3S. The monoisotopic (exact) mass is 448 g/mol. The Morgan fingerprint density at radius 1 is 1.42 bits per heavy atom. The molecular weight excluding hydrogens is 423 g/mol. The van der Waals surface area contributed by atoms with Crippen LogP contribution in [0.2, 0.25) is 0 Å². The Labute approximate surface area is 183 Å². The molecule has 0 bridgehead atoms. The summed E-state index contributed by atoms with van der Waals surface area (Å²) in [7, 11) is 0. The van der Waals surface area contributed by atoms with Crippen molar-refractivity contribution >= 4 is 34.7 Å². The molecule has 1 aromatic carbocycles. The highest BCUT2D eigenvalue weighted by Gasteiger charge is 2.33. The van der Waals surface area contributed by atoms with Crippen LogP contribution in [0.5, 0.6) is 0 Å². The van der Waals surface area contributed by atoms with E-state index in [1.807, 2.05) is 17.2 Å². The van der Waals surface area contributed by atoms with E-state index in [9.17, 15) is 14.0 Å². The molecule has 2 fully saturated rings. The van der Waals surface area contributed by atoms with Crippen molar-refractivity contribution < 1.29 is 18.7 Å². The maximum atomic E-state index is 14.9. The van der Waals surface area contributed by atoms with E-state index in [2.05, 4.69) is 20.7 Å². The molecule has 0 aliphatic carbocycles. The molecule has 0 saturated carbocycles. The highest BCUT2D eigenvalue weighted by molar-refractivity contribution is 7.09. The van der Waals surface area contributed by atoms with Gasteiger partial charge >= 0.3 is 6.09 Å². The molecule has 2 N–H and O–H groups in total. The number of rotatable bonds is 6. The number of aryl methyl sites for hydroxylation is 1. The third-order valence-corrected chi connectivity index (χ3v) is 6.11. The molecule has 1 atom stereocenters. The fourth-order valence-corrected chi connectivity index (χ4v) is 4.37. The van der Waals surface area contributed by atoms with Gasteiger partial charge in [-0.2, -0.15) is 0 Å². The standard InChI is InChI=1S/C20H25FN6O3S/c1-13-11-31-19(24-13)10-26-6-5-25(12-23-26)18-4-3-15(7-17(18)21)27-9-16(30-20(27)29)8-22-14(2)28/h3-4,7,11,16,23H,5-6,8-10,12H2,1-2H3,(H,22,28)/t16-/m0/s1. The molecule has 2 aliphatic rings. The quantitative estimate of drug-likeness (QED) is 0.697. The molecule has 4 rings (SSSR count). The summed E-state index contributed by atoms with van der Waals surface area (Å²) in [6.07, 6.45) is -1.01. The lowest BCUT2D eigenvalue weighted by Crippen LogP contribution is -2.54. The first-order valence-corrected chi connectivity index (χ1v) is 10.9. The van der Waals surface area contributed by atoms with Gasteiger partial charge in [0, 0.05) is 31.1 Å². The lowest BCUT2D eigenvalue weighted by Gasteiger charge is -2.36. The van der Waals surface area contributed by atoms with Crippen molar-refractivity contribution in [3.8, 4) is 0 Å². The van der Waals surface area contributed by atoms with Gasteiger partial charge in [0.15, 0.2) is 0 Å². The van der Waals surface area contributed by atoms with Gasteiger partial charge in [-0.05, 0) is 25.1 Å². The van der Waals surface area contributed by atoms with Gasteiger partial charge in [0.05, 0.1) is 37.7 Å². The van der Waals surface area contributed by atoms with Gasteiger partial charge in [0.2, 0.25) is 5.91 Å². The second-order valence-electron chi connectivity index (χ2n) is 7.57. The molecule has 2 amide bonds. The zero-order chi connectivity index (χ0) is 22.0. The number of hydrogen-bond donors (Lipinski definition) is 2. The lowest BCUT2D eigenvalue weighted by molar-refractivity contribution is -0.119. The first-order valence-electron chi connectivity index (χ1n) is 10.1. The van der Waals surface area contributed by atoms with E-state index in [0.717, 1.165) is 17.2 Å². The molecule has 0 radical (unpaired) electrons. The number of hydrazine groups is 1. The van der Waals surface area contributed by atoms with Crippen LogP contribution in [-0.2, 0) is 16.1 Å². The summed E-state index contributed by atoms with van der Waals surface area (Å²) in [5.74, 6) is -0.596. The van der Waals surface area contributed by atoms with Gasteiger partial charge in [-0.1, -0.05) is 0 Å². The van der Waals surface area contributed by atoms with Crippen LogP contribution in [0.25, 0.3) is 0 Å². The minimum Gasteiger partial charge on any atom is -0.442 e. The number of halogens is 1. The SMILES string of the molecule is CC(=O)NC[C@H]1CN(c2ccc(N3CCN(Cc4nc(C)cs4)NC3)c(F)c2)C(=O)O1. The number of amides is 2. The summed E-state index contributed by atoms with van der Waals surface area (Å²) in [5, 5.41) is 7.78. The van der Waals surface area contributed by atoms with Crippen molar-refractivity contribution in [3.05, 3.63) is 40.1 Å². The predicted molar refractivity (Wildman–Crippen MR) is 115 cm³/mol. The molecule has 2 aromatic rings. The average Bonchev–Trinajstić information content (AvgIpc) is 3.32. The number of cyclic esters (lactones) is 1. The highest BCUT2D eigenvalue weighted by atomic mass is 32.1. The van der Waals surface area contributed by atoms with E-state index in [-0.39, 0.29) is 19.0 Å². The fraction of sp³-hybridized carbons (Fsp3) is 0.450. The van der Waals surface area contributed by atoms with E-state index in [1.54, 1.807) is 23.5 Å². The van der Waals surface area contributed by atoms with Crippen molar-refractivity contribution in [2.45, 2.75) is 26.5 Å². The Bertz CT molecular complexity index is 962. The van der Waals surface area contributed by atoms with Crippen LogP contribution in [-0.4, -0.2) is 60.9 Å². The van der Waals surface area contributed by atoms with Gasteiger partial charge in [0.25, 0.3) is 0 Å². The minimum absolute atomic E-state index is 0.194. The summed E-state index contributed by atoms with van der Waals surface area (Å²) in [6, 6.07) is 4.74. The first kappa shape index (κ1) is 21.5. The van der Waals surface area contributed by atoms with Gasteiger partial charge in [-0.3, -0.25) is 9.69 Å². The topological polar surface area (TPSA) is 90.0 Å². The van der Waals surface area contributed by atoms with Crippen LogP contribution in [0, 0.1) is 12.7 Å². The Kier molecular flexibility index (Phi) is 6.35. The molecule has 9 nitrogen and oxygen atoms in total. The number of carbonyl (C=O) groups is 2. The Hall–Kier alpha value is -2.76. The van der Waals surface area contributed by atoms with Gasteiger partial charge in [-0.25, -0.2) is 24.6 Å². The molecule has 11 heteroatoms. The number of thiazole rings is 1. The molecule has 3 heterocycles. The minimum atomic E-state index is -0.546. The normalized spacial score (nSPS) is 19.6. The number of nitrogens with zero attached hydrogens (tertiary/aromatic N) is 4. The summed E-state index contributed by atoms with van der Waals surface area (Å²) in [6.45, 7) is 6.44. The molecule has 2 saturated heterocycles. The van der Waals surface area contributed by atoms with Crippen LogP contribution in [0.3, 0.4) is 0 Å². The van der Waals surface area contributed by atoms with Crippen LogP contribution in [0.15, 0.2) is 23.6 Å². The average molecular weight is 449 g/mol. The maximum Gasteiger partial charge on any atom is 0.414 e. The van der Waals surface area contributed by atoms with Crippen LogP contribution in [0.1, 0.15) is 17.6 Å². The molecule has 166 valence electrons. The highest BCUT2D eigenvalue weighted by Crippen LogP contribution is 2.28. The van der Waals surface area contributed by atoms with Crippen LogP contribution < -0.4 is 20.5 Å². The number of ether oxygens (including phenoxy) is 1. The van der Waals surface area contributed by atoms with Crippen molar-refractivity contribution in [1.29, 1.82) is 0 Å². The van der Waals surface area contributed by atoms with E-state index in [4.69, 9.17) is 4.74 Å². The third-order valence-electron chi connectivity index (χ3n) is 5.15. The van der Waals surface area contributed by atoms with Crippen molar-refractivity contribution in [1.82, 2.24) is 20.7 Å². The zero-order valence-corrected chi connectivity index (χ0v) is 18.2. The molecule has 2 aliphatic heterocycles. The van der Waals surface area contributed by atoms with E-state index in [0.29, 0.717) is 31.1 Å². The molecule has 0 unspecified atom stereocenters. The zero-order valence-electron chi connectivity index (χ0n) is 17.4. The fourth-order valence-electron chi connectivity index (χ4n) is 3.58. The number of anilines is 2. The number of carbonyl (C=O) groups excluding carboxylic acids is 2. The van der Waals surface area contributed by atoms with Crippen molar-refractivity contribution in [3.63, 3.8) is 0 Å². The van der Waals surface area contributed by atoms with Crippen molar-refractivity contribution in [2.75, 3.05) is 42.6 Å². The Balaban J connectivity index is 1.35. The lowest BCUT2D eigenvalue weighted by atomic mass is 10.2. The smallest absolute Gasteiger partial charge is 0.414 e. The number of nitrogens with one attached hydrogen (secondary N) is 2. The maximum absolute atomic E-state index is 14.9. The molecule has 31 heavy (non-hydrogen) atoms. The van der Waals surface area contributed by atoms with Gasteiger partial charge in [0.1, 0.15) is 16.9 Å². The third kappa shape index (κ3) is 5.12. The van der Waals surface area contributed by atoms with Crippen molar-refractivity contribution in [2.24, 2.45) is 0 Å². The van der Waals surface area contributed by atoms with Gasteiger partial charge in [-0.15, -0.1) is 11.3 Å². The second-order valence-corrected chi connectivity index (χ2v) is 8.52. The van der Waals surface area contributed by atoms with E-state index < -0.39 is 18.0 Å². The van der Waals surface area contributed by atoms with E-state index in [1.165, 1.54) is 17.9 Å². The largest absolute Gasteiger partial charge is 0.442 e. The first-order chi connectivity index (χ1) is 14.9. The van der Waals surface area contributed by atoms with Gasteiger partial charge < -0.3 is 15.0 Å². The Morgan fingerprint density at radius 3 is 2.90 bits per heavy atom. The van der Waals surface area contributed by atoms with Crippen LogP contribution in [0.4, 0.5) is 20.6 Å². The molecule has 0 spiro atoms. The number of aromatic nitrogens is 1. The second kappa shape index (κ2) is 9.16. The van der Waals surface area contributed by atoms with E-state index >= 15 is 0 Å². The molecule has 1 aromatic heterocycles. The predicted octanol–water partition coefficient (Wildman–Crippen LogP) is 1.84. The summed E-state index contributed by atoms with van der Waals surface area (Å²) in [5.41, 5.74) is 5.22. The summed E-state index contributed by atoms with van der Waals surface area (Å²) < 4.78 is 20.1. The number of benzene rings is 1. The summed E-state index contributed by atoms with van der Waals surface area (Å²) >= 11 is 1.63.